The molecule has 1 aliphatic rings. The summed E-state index contributed by atoms with van der Waals surface area (Å²) in [5.74, 6) is 0.472. The van der Waals surface area contributed by atoms with Crippen molar-refractivity contribution in [2.45, 2.75) is 52.3 Å². The number of carbonyl (C=O) groups is 1. The Morgan fingerprint density at radius 2 is 1.79 bits per heavy atom. The van der Waals surface area contributed by atoms with Gasteiger partial charge >= 0.3 is 6.18 Å². The first-order chi connectivity index (χ1) is 11.1. The van der Waals surface area contributed by atoms with Crippen LogP contribution in [0.4, 0.5) is 13.2 Å². The lowest BCUT2D eigenvalue weighted by atomic mass is 9.91. The van der Waals surface area contributed by atoms with Crippen molar-refractivity contribution in [3.05, 3.63) is 29.8 Å². The normalized spacial score (nSPS) is 19.2. The molecule has 1 fully saturated rings. The van der Waals surface area contributed by atoms with Crippen LogP contribution >= 0.6 is 0 Å². The van der Waals surface area contributed by atoms with Crippen molar-refractivity contribution < 1.29 is 22.7 Å². The van der Waals surface area contributed by atoms with E-state index >= 15 is 0 Å². The topological polar surface area (TPSA) is 29.5 Å². The largest absolute Gasteiger partial charge is 0.491 e. The van der Waals surface area contributed by atoms with E-state index in [0.29, 0.717) is 18.9 Å². The minimum Gasteiger partial charge on any atom is -0.491 e. The zero-order valence-corrected chi connectivity index (χ0v) is 14.3. The van der Waals surface area contributed by atoms with Gasteiger partial charge in [0.05, 0.1) is 11.6 Å². The molecule has 0 bridgehead atoms. The van der Waals surface area contributed by atoms with E-state index in [1.165, 1.54) is 12.1 Å². The summed E-state index contributed by atoms with van der Waals surface area (Å²) in [6.07, 6.45) is -1.51. The summed E-state index contributed by atoms with van der Waals surface area (Å²) in [4.78, 5) is 14.4. The molecule has 134 valence electrons. The van der Waals surface area contributed by atoms with E-state index in [9.17, 15) is 18.0 Å². The third kappa shape index (κ3) is 4.65. The molecule has 0 spiro atoms. The predicted molar refractivity (Wildman–Crippen MR) is 85.7 cm³/mol. The number of nitrogens with zero attached hydrogens (tertiary/aromatic N) is 1. The SMILES string of the molecule is CC(C)(C)C(=O)N1CCCCC1COc1ccc(C(F)(F)F)cc1. The van der Waals surface area contributed by atoms with E-state index in [4.69, 9.17) is 4.74 Å². The van der Waals surface area contributed by atoms with Crippen molar-refractivity contribution in [1.29, 1.82) is 0 Å². The first kappa shape index (κ1) is 18.6. The Morgan fingerprint density at radius 3 is 2.33 bits per heavy atom. The fraction of sp³-hybridized carbons (Fsp3) is 0.611. The number of rotatable bonds is 3. The molecule has 1 aromatic rings. The van der Waals surface area contributed by atoms with Crippen LogP contribution in [0.15, 0.2) is 24.3 Å². The molecule has 24 heavy (non-hydrogen) atoms. The second-order valence-corrected chi connectivity index (χ2v) is 7.23. The quantitative estimate of drug-likeness (QED) is 0.808. The molecule has 2 rings (SSSR count). The summed E-state index contributed by atoms with van der Waals surface area (Å²) >= 11 is 0. The number of hydrogen-bond donors (Lipinski definition) is 0. The van der Waals surface area contributed by atoms with E-state index in [1.807, 2.05) is 25.7 Å². The highest BCUT2D eigenvalue weighted by molar-refractivity contribution is 5.81. The van der Waals surface area contributed by atoms with Gasteiger partial charge in [-0.2, -0.15) is 13.2 Å². The maximum atomic E-state index is 12.6. The third-order valence-corrected chi connectivity index (χ3v) is 4.15. The highest BCUT2D eigenvalue weighted by Crippen LogP contribution is 2.30. The number of carbonyl (C=O) groups excluding carboxylic acids is 1. The maximum absolute atomic E-state index is 12.6. The first-order valence-corrected chi connectivity index (χ1v) is 8.20. The summed E-state index contributed by atoms with van der Waals surface area (Å²) < 4.78 is 43.3. The van der Waals surface area contributed by atoms with Gasteiger partial charge in [-0.3, -0.25) is 4.79 Å². The number of likely N-dealkylation sites (tertiary alicyclic amines) is 1. The minimum atomic E-state index is -4.35. The fourth-order valence-corrected chi connectivity index (χ4v) is 2.80. The molecule has 0 aromatic heterocycles. The lowest BCUT2D eigenvalue weighted by Gasteiger charge is -2.39. The lowest BCUT2D eigenvalue weighted by molar-refractivity contribution is -0.144. The molecule has 0 saturated carbocycles. The number of halogens is 3. The maximum Gasteiger partial charge on any atom is 0.416 e. The van der Waals surface area contributed by atoms with Crippen LogP contribution in [0.2, 0.25) is 0 Å². The van der Waals surface area contributed by atoms with E-state index < -0.39 is 17.2 Å². The van der Waals surface area contributed by atoms with E-state index in [0.717, 1.165) is 31.4 Å². The van der Waals surface area contributed by atoms with E-state index in [-0.39, 0.29) is 11.9 Å². The van der Waals surface area contributed by atoms with Crippen molar-refractivity contribution in [3.8, 4) is 5.75 Å². The lowest BCUT2D eigenvalue weighted by Crippen LogP contribution is -2.50. The van der Waals surface area contributed by atoms with Gasteiger partial charge in [0.1, 0.15) is 12.4 Å². The van der Waals surface area contributed by atoms with Gasteiger partial charge in [0.15, 0.2) is 0 Å². The Kier molecular flexibility index (Phi) is 5.45. The molecule has 1 unspecified atom stereocenters. The standard InChI is InChI=1S/C18H24F3NO2/c1-17(2,3)16(23)22-11-5-4-6-14(22)12-24-15-9-7-13(8-10-15)18(19,20)21/h7-10,14H,4-6,11-12H2,1-3H3. The summed E-state index contributed by atoms with van der Waals surface area (Å²) in [6, 6.07) is 4.62. The van der Waals surface area contributed by atoms with E-state index in [2.05, 4.69) is 0 Å². The number of ether oxygens (including phenoxy) is 1. The molecule has 3 nitrogen and oxygen atoms in total. The molecular weight excluding hydrogens is 319 g/mol. The summed E-state index contributed by atoms with van der Waals surface area (Å²) in [6.45, 7) is 6.66. The zero-order valence-electron chi connectivity index (χ0n) is 14.3. The Bertz CT molecular complexity index is 561. The molecule has 0 N–H and O–H groups in total. The molecule has 1 aliphatic heterocycles. The molecular formula is C18H24F3NO2. The predicted octanol–water partition coefficient (Wildman–Crippen LogP) is 4.51. The van der Waals surface area contributed by atoms with Crippen molar-refractivity contribution in [2.75, 3.05) is 13.2 Å². The first-order valence-electron chi connectivity index (χ1n) is 8.20. The second kappa shape index (κ2) is 7.03. The molecule has 0 radical (unpaired) electrons. The average molecular weight is 343 g/mol. The van der Waals surface area contributed by atoms with Crippen molar-refractivity contribution >= 4 is 5.91 Å². The summed E-state index contributed by atoms with van der Waals surface area (Å²) in [5.41, 5.74) is -1.15. The van der Waals surface area contributed by atoms with Crippen LogP contribution in [0, 0.1) is 5.41 Å². The molecule has 1 aromatic carbocycles. The Labute approximate surface area is 140 Å². The molecule has 1 amide bonds. The number of alkyl halides is 3. The van der Waals surface area contributed by atoms with Gasteiger partial charge in [-0.1, -0.05) is 20.8 Å². The Balaban J connectivity index is 2.00. The number of benzene rings is 1. The minimum absolute atomic E-state index is 0.0345. The van der Waals surface area contributed by atoms with Gasteiger partial charge in [0.25, 0.3) is 0 Å². The van der Waals surface area contributed by atoms with Crippen LogP contribution in [0.3, 0.4) is 0 Å². The summed E-state index contributed by atoms with van der Waals surface area (Å²) in [5, 5.41) is 0. The molecule has 6 heteroatoms. The van der Waals surface area contributed by atoms with Crippen LogP contribution in [-0.2, 0) is 11.0 Å². The van der Waals surface area contributed by atoms with Crippen molar-refractivity contribution in [2.24, 2.45) is 5.41 Å². The van der Waals surface area contributed by atoms with Gasteiger partial charge < -0.3 is 9.64 Å². The van der Waals surface area contributed by atoms with Crippen LogP contribution in [0.5, 0.6) is 5.75 Å². The molecule has 0 aliphatic carbocycles. The van der Waals surface area contributed by atoms with Crippen LogP contribution in [0.25, 0.3) is 0 Å². The van der Waals surface area contributed by atoms with Crippen LogP contribution < -0.4 is 4.74 Å². The van der Waals surface area contributed by atoms with Gasteiger partial charge in [0.2, 0.25) is 5.91 Å². The molecule has 1 heterocycles. The van der Waals surface area contributed by atoms with Crippen LogP contribution in [-0.4, -0.2) is 30.0 Å². The monoisotopic (exact) mass is 343 g/mol. The van der Waals surface area contributed by atoms with Gasteiger partial charge in [-0.25, -0.2) is 0 Å². The Hall–Kier alpha value is -1.72. The van der Waals surface area contributed by atoms with Crippen molar-refractivity contribution in [1.82, 2.24) is 4.90 Å². The highest BCUT2D eigenvalue weighted by atomic mass is 19.4. The summed E-state index contributed by atoms with van der Waals surface area (Å²) in [7, 11) is 0. The van der Waals surface area contributed by atoms with Gasteiger partial charge in [0, 0.05) is 12.0 Å². The van der Waals surface area contributed by atoms with Crippen LogP contribution in [0.1, 0.15) is 45.6 Å². The van der Waals surface area contributed by atoms with E-state index in [1.54, 1.807) is 0 Å². The number of hydrogen-bond acceptors (Lipinski definition) is 2. The van der Waals surface area contributed by atoms with Crippen molar-refractivity contribution in [3.63, 3.8) is 0 Å². The van der Waals surface area contributed by atoms with Gasteiger partial charge in [-0.15, -0.1) is 0 Å². The Morgan fingerprint density at radius 1 is 1.17 bits per heavy atom. The third-order valence-electron chi connectivity index (χ3n) is 4.15. The number of amides is 1. The molecule has 1 saturated heterocycles. The zero-order chi connectivity index (χ0) is 18.0. The highest BCUT2D eigenvalue weighted by Gasteiger charge is 2.34. The second-order valence-electron chi connectivity index (χ2n) is 7.23. The smallest absolute Gasteiger partial charge is 0.416 e. The number of piperidine rings is 1. The van der Waals surface area contributed by atoms with Gasteiger partial charge in [-0.05, 0) is 43.5 Å². The average Bonchev–Trinajstić information content (AvgIpc) is 2.51. The molecule has 1 atom stereocenters. The fourth-order valence-electron chi connectivity index (χ4n) is 2.80.